The van der Waals surface area contributed by atoms with E-state index in [1.165, 1.54) is 0 Å². The standard InChI is InChI=1S/C28H29N5OS/c1-4-34-23-16-14-22(15-17-23)33-27(26(30-28(33)35)24-8-5-6-18-29-24)25-9-7-19-32(25)21-12-10-20(11-13-21)31(2)3/h5-19,26-27H,4H2,1-3H3,(H,30,35)/t26-,27+/m1/s1. The summed E-state index contributed by atoms with van der Waals surface area (Å²) in [6.07, 6.45) is 3.93. The fourth-order valence-corrected chi connectivity index (χ4v) is 4.93. The summed E-state index contributed by atoms with van der Waals surface area (Å²) in [5, 5.41) is 4.21. The van der Waals surface area contributed by atoms with Gasteiger partial charge in [-0.05, 0) is 91.9 Å². The Kier molecular flexibility index (Phi) is 6.42. The molecule has 0 aliphatic carbocycles. The number of anilines is 2. The van der Waals surface area contributed by atoms with Crippen LogP contribution in [0.15, 0.2) is 91.3 Å². The van der Waals surface area contributed by atoms with Crippen LogP contribution in [0, 0.1) is 0 Å². The van der Waals surface area contributed by atoms with E-state index < -0.39 is 0 Å². The lowest BCUT2D eigenvalue weighted by Crippen LogP contribution is -2.30. The lowest BCUT2D eigenvalue weighted by molar-refractivity contribution is 0.340. The highest BCUT2D eigenvalue weighted by atomic mass is 32.1. The maximum atomic E-state index is 5.88. The van der Waals surface area contributed by atoms with Gasteiger partial charge in [-0.15, -0.1) is 0 Å². The molecule has 4 aromatic rings. The molecule has 1 aliphatic heterocycles. The van der Waals surface area contributed by atoms with Crippen molar-refractivity contribution in [1.29, 1.82) is 0 Å². The van der Waals surface area contributed by atoms with Gasteiger partial charge in [-0.2, -0.15) is 0 Å². The first kappa shape index (κ1) is 22.9. The van der Waals surface area contributed by atoms with Crippen LogP contribution in [0.3, 0.4) is 0 Å². The Hall–Kier alpha value is -3.84. The second-order valence-corrected chi connectivity index (χ2v) is 9.02. The zero-order chi connectivity index (χ0) is 24.4. The molecule has 1 N–H and O–H groups in total. The van der Waals surface area contributed by atoms with Gasteiger partial charge >= 0.3 is 0 Å². The van der Waals surface area contributed by atoms with Crippen molar-refractivity contribution in [2.75, 3.05) is 30.5 Å². The van der Waals surface area contributed by atoms with Crippen LogP contribution >= 0.6 is 12.2 Å². The minimum absolute atomic E-state index is 0.0983. The Morgan fingerprint density at radius 3 is 2.34 bits per heavy atom. The van der Waals surface area contributed by atoms with Crippen molar-refractivity contribution in [1.82, 2.24) is 14.9 Å². The third-order valence-electron chi connectivity index (χ3n) is 6.25. The molecule has 2 aromatic carbocycles. The van der Waals surface area contributed by atoms with Crippen LogP contribution < -0.4 is 19.9 Å². The smallest absolute Gasteiger partial charge is 0.174 e. The first-order valence-electron chi connectivity index (χ1n) is 11.8. The molecule has 0 radical (unpaired) electrons. The van der Waals surface area contributed by atoms with Crippen LogP contribution in [0.4, 0.5) is 11.4 Å². The number of ether oxygens (including phenoxy) is 1. The third kappa shape index (κ3) is 4.47. The number of hydrogen-bond donors (Lipinski definition) is 1. The largest absolute Gasteiger partial charge is 0.494 e. The fraction of sp³-hybridized carbons (Fsp3) is 0.214. The highest BCUT2D eigenvalue weighted by molar-refractivity contribution is 7.80. The van der Waals surface area contributed by atoms with Crippen LogP contribution in [0.25, 0.3) is 5.69 Å². The molecular weight excluding hydrogens is 454 g/mol. The molecule has 2 aromatic heterocycles. The number of aromatic nitrogens is 2. The zero-order valence-corrected chi connectivity index (χ0v) is 20.9. The molecule has 1 aliphatic rings. The quantitative estimate of drug-likeness (QED) is 0.350. The molecular formula is C28H29N5OS. The van der Waals surface area contributed by atoms with Crippen molar-refractivity contribution >= 4 is 28.7 Å². The average Bonchev–Trinajstić information content (AvgIpc) is 3.50. The lowest BCUT2D eigenvalue weighted by atomic mass is 10.0. The molecule has 5 rings (SSSR count). The average molecular weight is 484 g/mol. The van der Waals surface area contributed by atoms with Gasteiger partial charge in [-0.1, -0.05) is 6.07 Å². The predicted octanol–water partition coefficient (Wildman–Crippen LogP) is 5.51. The van der Waals surface area contributed by atoms with E-state index in [2.05, 4.69) is 79.4 Å². The van der Waals surface area contributed by atoms with E-state index in [0.717, 1.165) is 34.2 Å². The third-order valence-corrected chi connectivity index (χ3v) is 6.57. The highest BCUT2D eigenvalue weighted by Gasteiger charge is 2.42. The second kappa shape index (κ2) is 9.80. The van der Waals surface area contributed by atoms with Gasteiger partial charge in [0, 0.05) is 49.2 Å². The number of pyridine rings is 1. The molecule has 7 heteroatoms. The summed E-state index contributed by atoms with van der Waals surface area (Å²) in [4.78, 5) is 8.96. The molecule has 0 amide bonds. The van der Waals surface area contributed by atoms with Crippen molar-refractivity contribution in [3.63, 3.8) is 0 Å². The van der Waals surface area contributed by atoms with E-state index in [4.69, 9.17) is 17.0 Å². The first-order valence-corrected chi connectivity index (χ1v) is 12.2. The number of nitrogens with zero attached hydrogens (tertiary/aromatic N) is 4. The minimum Gasteiger partial charge on any atom is -0.494 e. The van der Waals surface area contributed by atoms with E-state index >= 15 is 0 Å². The summed E-state index contributed by atoms with van der Waals surface area (Å²) in [6, 6.07) is 26.7. The Bertz CT molecular complexity index is 1290. The van der Waals surface area contributed by atoms with Crippen molar-refractivity contribution in [2.24, 2.45) is 0 Å². The zero-order valence-electron chi connectivity index (χ0n) is 20.1. The topological polar surface area (TPSA) is 45.6 Å². The normalized spacial score (nSPS) is 17.3. The monoisotopic (exact) mass is 483 g/mol. The van der Waals surface area contributed by atoms with Crippen molar-refractivity contribution in [2.45, 2.75) is 19.0 Å². The molecule has 0 spiro atoms. The highest BCUT2D eigenvalue weighted by Crippen LogP contribution is 2.42. The molecule has 1 saturated heterocycles. The van der Waals surface area contributed by atoms with Crippen LogP contribution in [0.2, 0.25) is 0 Å². The van der Waals surface area contributed by atoms with Crippen molar-refractivity contribution in [3.8, 4) is 11.4 Å². The SMILES string of the molecule is CCOc1ccc(N2C(=S)N[C@H](c3ccccn3)[C@@H]2c2cccn2-c2ccc(N(C)C)cc2)cc1. The van der Waals surface area contributed by atoms with Gasteiger partial charge in [0.25, 0.3) is 0 Å². The molecule has 0 saturated carbocycles. The van der Waals surface area contributed by atoms with E-state index in [1.54, 1.807) is 0 Å². The Balaban J connectivity index is 1.60. The van der Waals surface area contributed by atoms with Crippen LogP contribution in [-0.4, -0.2) is 35.4 Å². The van der Waals surface area contributed by atoms with E-state index in [0.29, 0.717) is 11.7 Å². The predicted molar refractivity (Wildman–Crippen MR) is 146 cm³/mol. The summed E-state index contributed by atoms with van der Waals surface area (Å²) in [5.41, 5.74) is 5.34. The number of benzene rings is 2. The number of nitrogens with one attached hydrogen (secondary N) is 1. The summed E-state index contributed by atoms with van der Waals surface area (Å²) < 4.78 is 7.89. The summed E-state index contributed by atoms with van der Waals surface area (Å²) in [6.45, 7) is 2.62. The van der Waals surface area contributed by atoms with Crippen LogP contribution in [0.5, 0.6) is 5.75 Å². The lowest BCUT2D eigenvalue weighted by Gasteiger charge is -2.29. The Morgan fingerprint density at radius 2 is 1.69 bits per heavy atom. The molecule has 3 heterocycles. The summed E-state index contributed by atoms with van der Waals surface area (Å²) in [5.74, 6) is 0.844. The first-order chi connectivity index (χ1) is 17.1. The van der Waals surface area contributed by atoms with Crippen LogP contribution in [0.1, 0.15) is 30.4 Å². The van der Waals surface area contributed by atoms with Gasteiger partial charge in [-0.3, -0.25) is 4.98 Å². The summed E-state index contributed by atoms with van der Waals surface area (Å²) in [7, 11) is 4.10. The second-order valence-electron chi connectivity index (χ2n) is 8.64. The van der Waals surface area contributed by atoms with Crippen molar-refractivity contribution in [3.05, 3.63) is 103 Å². The molecule has 178 valence electrons. The Morgan fingerprint density at radius 1 is 0.943 bits per heavy atom. The van der Waals surface area contributed by atoms with E-state index in [-0.39, 0.29) is 12.1 Å². The van der Waals surface area contributed by atoms with Gasteiger partial charge < -0.3 is 24.4 Å². The number of hydrogen-bond acceptors (Lipinski definition) is 4. The molecule has 1 fully saturated rings. The summed E-state index contributed by atoms with van der Waals surface area (Å²) >= 11 is 5.88. The van der Waals surface area contributed by atoms with Crippen molar-refractivity contribution < 1.29 is 4.74 Å². The van der Waals surface area contributed by atoms with Gasteiger partial charge in [0.1, 0.15) is 11.8 Å². The van der Waals surface area contributed by atoms with Gasteiger partial charge in [0.15, 0.2) is 5.11 Å². The molecule has 0 unspecified atom stereocenters. The van der Waals surface area contributed by atoms with Gasteiger partial charge in [0.2, 0.25) is 0 Å². The Labute approximate surface area is 211 Å². The van der Waals surface area contributed by atoms with Gasteiger partial charge in [0.05, 0.1) is 18.3 Å². The molecule has 6 nitrogen and oxygen atoms in total. The van der Waals surface area contributed by atoms with E-state index in [9.17, 15) is 0 Å². The van der Waals surface area contributed by atoms with Gasteiger partial charge in [-0.25, -0.2) is 0 Å². The molecule has 2 atom stereocenters. The van der Waals surface area contributed by atoms with E-state index in [1.807, 2.05) is 57.5 Å². The minimum atomic E-state index is -0.107. The number of thiocarbonyl (C=S) groups is 1. The fourth-order valence-electron chi connectivity index (χ4n) is 4.58. The molecule has 0 bridgehead atoms. The van der Waals surface area contributed by atoms with Crippen LogP contribution in [-0.2, 0) is 0 Å². The maximum Gasteiger partial charge on any atom is 0.174 e. The number of rotatable bonds is 7. The molecule has 35 heavy (non-hydrogen) atoms. The maximum absolute atomic E-state index is 5.88.